The normalized spacial score (nSPS) is 13.5. The average Bonchev–Trinajstić information content (AvgIpc) is 2.94. The molecule has 6 heteroatoms. The Labute approximate surface area is 142 Å². The van der Waals surface area contributed by atoms with Gasteiger partial charge in [-0.25, -0.2) is 4.98 Å². The minimum absolute atomic E-state index is 0.139. The Balaban J connectivity index is 2.07. The van der Waals surface area contributed by atoms with Crippen LogP contribution in [0, 0.1) is 5.21 Å². The van der Waals surface area contributed by atoms with Crippen molar-refractivity contribution in [2.75, 3.05) is 0 Å². The van der Waals surface area contributed by atoms with Crippen molar-refractivity contribution in [3.8, 4) is 5.69 Å². The van der Waals surface area contributed by atoms with Gasteiger partial charge < -0.3 is 5.21 Å². The molecule has 0 unspecified atom stereocenters. The first-order valence-electron chi connectivity index (χ1n) is 7.04. The third-order valence-corrected chi connectivity index (χ3v) is 4.42. The number of hydroxylamine groups is 1. The van der Waals surface area contributed by atoms with Gasteiger partial charge in [-0.05, 0) is 30.3 Å². The van der Waals surface area contributed by atoms with Gasteiger partial charge in [-0.2, -0.15) is 4.74 Å². The Kier molecular flexibility index (Phi) is 3.36. The van der Waals surface area contributed by atoms with Gasteiger partial charge in [0, 0.05) is 17.4 Å². The molecule has 1 aromatic heterocycles. The quantitative estimate of drug-likeness (QED) is 0.494. The number of halogens is 2. The van der Waals surface area contributed by atoms with Crippen LogP contribution in [0.2, 0.25) is 10.0 Å². The van der Waals surface area contributed by atoms with Crippen LogP contribution in [0.1, 0.15) is 17.0 Å². The molecule has 0 amide bonds. The number of aromatic nitrogens is 2. The zero-order chi connectivity index (χ0) is 16.0. The molecule has 1 aliphatic heterocycles. The molecule has 0 saturated carbocycles. The second kappa shape index (κ2) is 5.41. The number of hydrogen-bond acceptors (Lipinski definition) is 2. The van der Waals surface area contributed by atoms with E-state index in [0.29, 0.717) is 27.1 Å². The van der Waals surface area contributed by atoms with Gasteiger partial charge in [-0.15, -0.1) is 0 Å². The summed E-state index contributed by atoms with van der Waals surface area (Å²) in [6, 6.07) is 12.8. The summed E-state index contributed by atoms with van der Waals surface area (Å²) in [4.78, 5) is 4.28. The Bertz CT molecular complexity index is 947. The molecule has 0 bridgehead atoms. The molecule has 3 aromatic rings. The molecule has 4 nitrogen and oxygen atoms in total. The fraction of sp³-hybridized carbons (Fsp3) is 0.0588. The highest BCUT2D eigenvalue weighted by Crippen LogP contribution is 2.29. The molecule has 0 aliphatic carbocycles. The fourth-order valence-electron chi connectivity index (χ4n) is 2.85. The Morgan fingerprint density at radius 1 is 1.09 bits per heavy atom. The molecule has 1 aliphatic rings. The van der Waals surface area contributed by atoms with Crippen molar-refractivity contribution in [1.29, 1.82) is 0 Å². The molecular formula is C17H11Cl2N3O. The average molecular weight is 344 g/mol. The summed E-state index contributed by atoms with van der Waals surface area (Å²) in [7, 11) is 0. The first kappa shape index (κ1) is 14.3. The van der Waals surface area contributed by atoms with Gasteiger partial charge in [0.05, 0.1) is 21.8 Å². The van der Waals surface area contributed by atoms with Crippen LogP contribution < -0.4 is 0 Å². The number of rotatable bonds is 1. The predicted molar refractivity (Wildman–Crippen MR) is 90.6 cm³/mol. The Morgan fingerprint density at radius 3 is 2.74 bits per heavy atom. The van der Waals surface area contributed by atoms with Crippen molar-refractivity contribution < 1.29 is 4.74 Å². The number of hydrogen-bond donors (Lipinski definition) is 0. The lowest BCUT2D eigenvalue weighted by molar-refractivity contribution is -0.475. The molecule has 114 valence electrons. The lowest BCUT2D eigenvalue weighted by Gasteiger charge is -2.12. The summed E-state index contributed by atoms with van der Waals surface area (Å²) in [5, 5.41) is 13.9. The van der Waals surface area contributed by atoms with E-state index in [1.54, 1.807) is 24.4 Å². The lowest BCUT2D eigenvalue weighted by atomic mass is 10.0. The van der Waals surface area contributed by atoms with E-state index >= 15 is 0 Å². The zero-order valence-corrected chi connectivity index (χ0v) is 13.4. The summed E-state index contributed by atoms with van der Waals surface area (Å²) in [6.45, 7) is 0.139. The molecule has 4 rings (SSSR count). The molecule has 0 N–H and O–H groups in total. The standard InChI is InChI=1S/C17H11Cl2N3O/c18-11-5-6-15-13(9-11)17(12-3-1-2-4-14(12)19)22(23)10-16-20-7-8-21(15)16/h1-9H,10H2. The van der Waals surface area contributed by atoms with E-state index in [1.165, 1.54) is 0 Å². The van der Waals surface area contributed by atoms with Crippen LogP contribution in [-0.2, 0) is 6.54 Å². The number of nitrogens with zero attached hydrogens (tertiary/aromatic N) is 3. The topological polar surface area (TPSA) is 43.9 Å². The van der Waals surface area contributed by atoms with Crippen molar-refractivity contribution in [3.63, 3.8) is 0 Å². The molecule has 0 radical (unpaired) electrons. The number of benzene rings is 2. The maximum atomic E-state index is 12.8. The lowest BCUT2D eigenvalue weighted by Crippen LogP contribution is -2.18. The van der Waals surface area contributed by atoms with Crippen molar-refractivity contribution in [3.05, 3.63) is 87.1 Å². The van der Waals surface area contributed by atoms with Gasteiger partial charge in [-0.1, -0.05) is 35.3 Å². The molecule has 0 spiro atoms. The maximum absolute atomic E-state index is 12.8. The third kappa shape index (κ3) is 2.31. The first-order valence-corrected chi connectivity index (χ1v) is 7.80. The van der Waals surface area contributed by atoms with Gasteiger partial charge in [0.1, 0.15) is 0 Å². The SMILES string of the molecule is [O-][N+]1=C(c2ccccc2Cl)c2cc(Cl)ccc2-n2ccnc2C1. The molecule has 23 heavy (non-hydrogen) atoms. The smallest absolute Gasteiger partial charge is 0.229 e. The number of imidazole rings is 1. The van der Waals surface area contributed by atoms with E-state index in [9.17, 15) is 5.21 Å². The summed E-state index contributed by atoms with van der Waals surface area (Å²) >= 11 is 12.5. The maximum Gasteiger partial charge on any atom is 0.229 e. The van der Waals surface area contributed by atoms with Crippen molar-refractivity contribution in [2.24, 2.45) is 0 Å². The van der Waals surface area contributed by atoms with Crippen LogP contribution in [0.15, 0.2) is 54.9 Å². The van der Waals surface area contributed by atoms with E-state index in [1.807, 2.05) is 35.0 Å². The largest absolute Gasteiger partial charge is 0.623 e. The van der Waals surface area contributed by atoms with Gasteiger partial charge in [0.15, 0.2) is 5.82 Å². The van der Waals surface area contributed by atoms with E-state index in [4.69, 9.17) is 23.2 Å². The number of fused-ring (bicyclic) bond motifs is 3. The monoisotopic (exact) mass is 343 g/mol. The van der Waals surface area contributed by atoms with E-state index in [2.05, 4.69) is 4.98 Å². The summed E-state index contributed by atoms with van der Waals surface area (Å²) in [5.41, 5.74) is 2.77. The molecule has 2 aromatic carbocycles. The highest BCUT2D eigenvalue weighted by Gasteiger charge is 2.28. The van der Waals surface area contributed by atoms with Gasteiger partial charge >= 0.3 is 0 Å². The highest BCUT2D eigenvalue weighted by atomic mass is 35.5. The minimum atomic E-state index is 0.139. The molecular weight excluding hydrogens is 333 g/mol. The fourth-order valence-corrected chi connectivity index (χ4v) is 3.25. The first-order chi connectivity index (χ1) is 11.1. The van der Waals surface area contributed by atoms with Crippen LogP contribution in [-0.4, -0.2) is 20.0 Å². The molecule has 0 atom stereocenters. The van der Waals surface area contributed by atoms with Gasteiger partial charge in [0.25, 0.3) is 0 Å². The Hall–Kier alpha value is -2.30. The predicted octanol–water partition coefficient (Wildman–Crippen LogP) is 4.04. The highest BCUT2D eigenvalue weighted by molar-refractivity contribution is 6.35. The molecule has 2 heterocycles. The molecule has 0 fully saturated rings. The summed E-state index contributed by atoms with van der Waals surface area (Å²) in [5.74, 6) is 0.672. The van der Waals surface area contributed by atoms with E-state index in [-0.39, 0.29) is 6.54 Å². The minimum Gasteiger partial charge on any atom is -0.623 e. The third-order valence-electron chi connectivity index (χ3n) is 3.85. The summed E-state index contributed by atoms with van der Waals surface area (Å²) in [6.07, 6.45) is 3.52. The van der Waals surface area contributed by atoms with Crippen molar-refractivity contribution >= 4 is 28.9 Å². The zero-order valence-electron chi connectivity index (χ0n) is 11.9. The Morgan fingerprint density at radius 2 is 1.91 bits per heavy atom. The van der Waals surface area contributed by atoms with Crippen molar-refractivity contribution in [1.82, 2.24) is 9.55 Å². The molecule has 0 saturated heterocycles. The van der Waals surface area contributed by atoms with Crippen LogP contribution in [0.5, 0.6) is 0 Å². The second-order valence-electron chi connectivity index (χ2n) is 5.24. The second-order valence-corrected chi connectivity index (χ2v) is 6.08. The van der Waals surface area contributed by atoms with Crippen LogP contribution in [0.25, 0.3) is 5.69 Å². The van der Waals surface area contributed by atoms with Crippen molar-refractivity contribution in [2.45, 2.75) is 6.54 Å². The van der Waals surface area contributed by atoms with Crippen LogP contribution in [0.4, 0.5) is 0 Å². The van der Waals surface area contributed by atoms with E-state index in [0.717, 1.165) is 16.0 Å². The van der Waals surface area contributed by atoms with Gasteiger partial charge in [-0.3, -0.25) is 4.57 Å². The van der Waals surface area contributed by atoms with Gasteiger partial charge in [0.2, 0.25) is 12.3 Å². The van der Waals surface area contributed by atoms with Crippen LogP contribution in [0.3, 0.4) is 0 Å². The summed E-state index contributed by atoms with van der Waals surface area (Å²) < 4.78 is 2.82. The van der Waals surface area contributed by atoms with E-state index < -0.39 is 0 Å². The van der Waals surface area contributed by atoms with Crippen LogP contribution >= 0.6 is 23.2 Å².